The number of rotatable bonds is 6. The molecule has 1 amide bonds. The number of aromatic hydroxyl groups is 1. The summed E-state index contributed by atoms with van der Waals surface area (Å²) in [4.78, 5) is 13.3. The second-order valence-corrected chi connectivity index (χ2v) is 12.9. The Morgan fingerprint density at radius 2 is 1.36 bits per heavy atom. The molecule has 1 N–H and O–H groups in total. The Labute approximate surface area is 215 Å². The van der Waals surface area contributed by atoms with Crippen LogP contribution in [0.15, 0.2) is 24.3 Å². The lowest BCUT2D eigenvalue weighted by Crippen LogP contribution is -2.51. The summed E-state index contributed by atoms with van der Waals surface area (Å²) in [7, 11) is -1.25. The van der Waals surface area contributed by atoms with Crippen molar-refractivity contribution in [1.29, 1.82) is 0 Å². The predicted octanol–water partition coefficient (Wildman–Crippen LogP) is 5.12. The lowest BCUT2D eigenvalue weighted by atomic mass is 9.78. The normalized spacial score (nSPS) is 15.6. The van der Waals surface area contributed by atoms with Crippen molar-refractivity contribution in [2.24, 2.45) is 0 Å². The standard InChI is InChI=1S/C27H38N2O6S/c1-10-11-28-25(31)18-14-22(34-8)23(35-9)15-21(18)29(36(28,32)33)16-17-12-19(26(2,3)4)24(30)20(13-17)27(5,6)7/h12-15,30H,10-11,16H2,1-9H3. The molecule has 0 atom stereocenters. The maximum Gasteiger partial charge on any atom is 0.329 e. The van der Waals surface area contributed by atoms with Crippen LogP contribution in [0, 0.1) is 0 Å². The van der Waals surface area contributed by atoms with Gasteiger partial charge in [-0.25, -0.2) is 8.61 Å². The zero-order chi connectivity index (χ0) is 27.2. The molecule has 0 aromatic heterocycles. The topological polar surface area (TPSA) is 96.4 Å². The van der Waals surface area contributed by atoms with Gasteiger partial charge in [-0.1, -0.05) is 48.5 Å². The highest BCUT2D eigenvalue weighted by Gasteiger charge is 2.42. The maximum atomic E-state index is 13.8. The Bertz CT molecular complexity index is 1240. The fourth-order valence-electron chi connectivity index (χ4n) is 4.41. The zero-order valence-electron chi connectivity index (χ0n) is 22.7. The van der Waals surface area contributed by atoms with Crippen molar-refractivity contribution >= 4 is 21.8 Å². The minimum atomic E-state index is -4.18. The number of amides is 1. The molecule has 198 valence electrons. The van der Waals surface area contributed by atoms with Gasteiger partial charge >= 0.3 is 10.2 Å². The summed E-state index contributed by atoms with van der Waals surface area (Å²) in [6.45, 7) is 13.9. The molecule has 0 aliphatic carbocycles. The molecule has 9 heteroatoms. The molecule has 8 nitrogen and oxygen atoms in total. The summed E-state index contributed by atoms with van der Waals surface area (Å²) in [5.74, 6) is 0.287. The number of carbonyl (C=O) groups is 1. The van der Waals surface area contributed by atoms with E-state index in [1.807, 2.05) is 60.6 Å². The van der Waals surface area contributed by atoms with Crippen molar-refractivity contribution in [3.63, 3.8) is 0 Å². The SMILES string of the molecule is CCCN1C(=O)c2cc(OC)c(OC)cc2N(Cc2cc(C(C)(C)C)c(O)c(C(C)(C)C)c2)S1(=O)=O. The summed E-state index contributed by atoms with van der Waals surface area (Å²) in [6, 6.07) is 6.75. The summed E-state index contributed by atoms with van der Waals surface area (Å²) < 4.78 is 40.5. The predicted molar refractivity (Wildman–Crippen MR) is 141 cm³/mol. The fourth-order valence-corrected chi connectivity index (χ4v) is 6.08. The third kappa shape index (κ3) is 4.85. The molecule has 1 heterocycles. The van der Waals surface area contributed by atoms with Crippen molar-refractivity contribution in [2.45, 2.75) is 72.3 Å². The minimum absolute atomic E-state index is 0.0231. The molecule has 0 spiro atoms. The molecule has 1 aliphatic rings. The second kappa shape index (κ2) is 9.50. The van der Waals surface area contributed by atoms with Crippen molar-refractivity contribution in [2.75, 3.05) is 25.1 Å². The highest BCUT2D eigenvalue weighted by molar-refractivity contribution is 7.91. The average molecular weight is 519 g/mol. The maximum absolute atomic E-state index is 13.8. The molecule has 0 unspecified atom stereocenters. The van der Waals surface area contributed by atoms with Gasteiger partial charge in [0.2, 0.25) is 0 Å². The van der Waals surface area contributed by atoms with Crippen LogP contribution >= 0.6 is 0 Å². The van der Waals surface area contributed by atoms with Crippen LogP contribution in [0.5, 0.6) is 17.2 Å². The number of phenolic OH excluding ortho intramolecular Hbond substituents is 1. The average Bonchev–Trinajstić information content (AvgIpc) is 2.77. The van der Waals surface area contributed by atoms with E-state index in [9.17, 15) is 18.3 Å². The Balaban J connectivity index is 2.29. The first-order valence-electron chi connectivity index (χ1n) is 12.1. The molecule has 0 bridgehead atoms. The molecule has 2 aromatic rings. The largest absolute Gasteiger partial charge is 0.507 e. The number of hydrogen-bond acceptors (Lipinski definition) is 6. The number of hydrogen-bond donors (Lipinski definition) is 1. The summed E-state index contributed by atoms with van der Waals surface area (Å²) >= 11 is 0. The lowest BCUT2D eigenvalue weighted by Gasteiger charge is -2.37. The molecule has 0 radical (unpaired) electrons. The number of carbonyl (C=O) groups excluding carboxylic acids is 1. The van der Waals surface area contributed by atoms with Crippen LogP contribution in [0.4, 0.5) is 5.69 Å². The van der Waals surface area contributed by atoms with E-state index in [0.717, 1.165) is 15.4 Å². The summed E-state index contributed by atoms with van der Waals surface area (Å²) in [6.07, 6.45) is 0.475. The molecule has 3 rings (SSSR count). The molecule has 0 saturated heterocycles. The van der Waals surface area contributed by atoms with Gasteiger partial charge in [0.25, 0.3) is 5.91 Å². The summed E-state index contributed by atoms with van der Waals surface area (Å²) in [5.41, 5.74) is 1.87. The molecule has 36 heavy (non-hydrogen) atoms. The smallest absolute Gasteiger partial charge is 0.329 e. The van der Waals surface area contributed by atoms with Gasteiger partial charge < -0.3 is 14.6 Å². The van der Waals surface area contributed by atoms with Gasteiger partial charge in [0.15, 0.2) is 11.5 Å². The van der Waals surface area contributed by atoms with Crippen LogP contribution in [-0.2, 0) is 27.6 Å². The van der Waals surface area contributed by atoms with Crippen LogP contribution in [0.3, 0.4) is 0 Å². The number of ether oxygens (including phenoxy) is 2. The van der Waals surface area contributed by atoms with Gasteiger partial charge in [-0.3, -0.25) is 4.79 Å². The van der Waals surface area contributed by atoms with E-state index in [1.165, 1.54) is 30.7 Å². The fraction of sp³-hybridized carbons (Fsp3) is 0.519. The third-order valence-corrected chi connectivity index (χ3v) is 8.11. The summed E-state index contributed by atoms with van der Waals surface area (Å²) in [5, 5.41) is 11.1. The Morgan fingerprint density at radius 3 is 1.81 bits per heavy atom. The van der Waals surface area contributed by atoms with Crippen molar-refractivity contribution in [1.82, 2.24) is 4.31 Å². The van der Waals surface area contributed by atoms with E-state index >= 15 is 0 Å². The Kier molecular flexibility index (Phi) is 7.29. The third-order valence-electron chi connectivity index (χ3n) is 6.32. The molecule has 1 aliphatic heterocycles. The van der Waals surface area contributed by atoms with E-state index in [4.69, 9.17) is 9.47 Å². The molecule has 2 aromatic carbocycles. The molecular weight excluding hydrogens is 480 g/mol. The van der Waals surface area contributed by atoms with E-state index < -0.39 is 16.1 Å². The number of phenols is 1. The number of anilines is 1. The van der Waals surface area contributed by atoms with Crippen molar-refractivity contribution in [3.8, 4) is 17.2 Å². The van der Waals surface area contributed by atoms with Crippen LogP contribution in [-0.4, -0.2) is 44.5 Å². The van der Waals surface area contributed by atoms with Crippen molar-refractivity contribution < 1.29 is 27.8 Å². The van der Waals surface area contributed by atoms with Gasteiger partial charge in [0.1, 0.15) is 5.75 Å². The van der Waals surface area contributed by atoms with E-state index in [1.54, 1.807) is 0 Å². The van der Waals surface area contributed by atoms with Gasteiger partial charge in [0.05, 0.1) is 32.0 Å². The Morgan fingerprint density at radius 1 is 0.861 bits per heavy atom. The monoisotopic (exact) mass is 518 g/mol. The second-order valence-electron chi connectivity index (χ2n) is 11.2. The van der Waals surface area contributed by atoms with Crippen LogP contribution < -0.4 is 13.8 Å². The van der Waals surface area contributed by atoms with Gasteiger partial charge in [-0.05, 0) is 52.1 Å². The van der Waals surface area contributed by atoms with E-state index in [-0.39, 0.29) is 40.9 Å². The first kappa shape index (κ1) is 27.6. The van der Waals surface area contributed by atoms with E-state index in [2.05, 4.69) is 0 Å². The van der Waals surface area contributed by atoms with Gasteiger partial charge in [-0.15, -0.1) is 0 Å². The number of fused-ring (bicyclic) bond motifs is 1. The first-order valence-corrected chi connectivity index (χ1v) is 13.4. The van der Waals surface area contributed by atoms with Crippen LogP contribution in [0.25, 0.3) is 0 Å². The molecule has 0 saturated carbocycles. The molecule has 0 fully saturated rings. The lowest BCUT2D eigenvalue weighted by molar-refractivity contribution is 0.0857. The van der Waals surface area contributed by atoms with Gasteiger partial charge in [0, 0.05) is 12.6 Å². The van der Waals surface area contributed by atoms with Crippen LogP contribution in [0.1, 0.15) is 81.9 Å². The zero-order valence-corrected chi connectivity index (χ0v) is 23.5. The highest BCUT2D eigenvalue weighted by Crippen LogP contribution is 2.43. The molecular formula is C27H38N2O6S. The number of methoxy groups -OCH3 is 2. The highest BCUT2D eigenvalue weighted by atomic mass is 32.2. The number of nitrogens with zero attached hydrogens (tertiary/aromatic N) is 2. The minimum Gasteiger partial charge on any atom is -0.507 e. The Hall–Kier alpha value is -2.94. The van der Waals surface area contributed by atoms with Crippen molar-refractivity contribution in [3.05, 3.63) is 46.5 Å². The van der Waals surface area contributed by atoms with Gasteiger partial charge in [-0.2, -0.15) is 8.42 Å². The first-order chi connectivity index (χ1) is 16.6. The number of benzene rings is 2. The van der Waals surface area contributed by atoms with E-state index in [0.29, 0.717) is 23.5 Å². The quantitative estimate of drug-likeness (QED) is 0.570. The van der Waals surface area contributed by atoms with Crippen LogP contribution in [0.2, 0.25) is 0 Å².